The Morgan fingerprint density at radius 2 is 2.24 bits per heavy atom. The van der Waals surface area contributed by atoms with Crippen molar-refractivity contribution in [3.63, 3.8) is 0 Å². The van der Waals surface area contributed by atoms with Crippen LogP contribution in [0.1, 0.15) is 27.2 Å². The number of hydrogen-bond donors (Lipinski definition) is 0. The molecule has 0 aliphatic rings. The average Bonchev–Trinajstić information content (AvgIpc) is 2.60. The van der Waals surface area contributed by atoms with Crippen LogP contribution >= 0.6 is 0 Å². The predicted octanol–water partition coefficient (Wildman–Crippen LogP) is 1.52. The molecule has 0 saturated carbocycles. The molecular formula is C10H15N3O4. The van der Waals surface area contributed by atoms with Gasteiger partial charge in [0, 0.05) is 0 Å². The van der Waals surface area contributed by atoms with Crippen molar-refractivity contribution in [1.82, 2.24) is 9.78 Å². The van der Waals surface area contributed by atoms with Crippen molar-refractivity contribution < 1.29 is 14.5 Å². The average molecular weight is 241 g/mol. The van der Waals surface area contributed by atoms with Gasteiger partial charge in [-0.3, -0.25) is 19.6 Å². The van der Waals surface area contributed by atoms with E-state index in [2.05, 4.69) is 5.10 Å². The molecule has 1 rings (SSSR count). The Balaban J connectivity index is 2.45. The molecule has 0 N–H and O–H groups in total. The molecular weight excluding hydrogens is 226 g/mol. The van der Waals surface area contributed by atoms with Gasteiger partial charge in [-0.25, -0.2) is 0 Å². The van der Waals surface area contributed by atoms with Crippen molar-refractivity contribution in [1.29, 1.82) is 0 Å². The summed E-state index contributed by atoms with van der Waals surface area (Å²) in [5.74, 6) is -0.351. The highest BCUT2D eigenvalue weighted by atomic mass is 16.6. The molecule has 0 fully saturated rings. The predicted molar refractivity (Wildman–Crippen MR) is 59.3 cm³/mol. The lowest BCUT2D eigenvalue weighted by Gasteiger charge is -2.19. The van der Waals surface area contributed by atoms with Crippen LogP contribution in [0.15, 0.2) is 12.4 Å². The fourth-order valence-electron chi connectivity index (χ4n) is 1.17. The Morgan fingerprint density at radius 1 is 1.59 bits per heavy atom. The summed E-state index contributed by atoms with van der Waals surface area (Å²) in [6, 6.07) is 0. The van der Waals surface area contributed by atoms with Gasteiger partial charge in [0.2, 0.25) is 0 Å². The molecule has 0 aromatic carbocycles. The lowest BCUT2D eigenvalue weighted by molar-refractivity contribution is -0.385. The smallest absolute Gasteiger partial charge is 0.308 e. The minimum absolute atomic E-state index is 0.0887. The van der Waals surface area contributed by atoms with Crippen LogP contribution in [0.5, 0.6) is 0 Å². The van der Waals surface area contributed by atoms with E-state index in [-0.39, 0.29) is 24.6 Å². The van der Waals surface area contributed by atoms with Crippen LogP contribution in [-0.2, 0) is 16.1 Å². The molecule has 1 aromatic rings. The quantitative estimate of drug-likeness (QED) is 0.453. The summed E-state index contributed by atoms with van der Waals surface area (Å²) in [4.78, 5) is 21.2. The molecule has 17 heavy (non-hydrogen) atoms. The lowest BCUT2D eigenvalue weighted by atomic mass is 10.2. The molecule has 0 bridgehead atoms. The molecule has 0 unspecified atom stereocenters. The van der Waals surface area contributed by atoms with E-state index in [9.17, 15) is 14.9 Å². The molecule has 7 heteroatoms. The Bertz CT molecular complexity index is 419. The molecule has 7 nitrogen and oxygen atoms in total. The SMILES string of the molecule is CC(C)(C)OC(=O)CCn1cc([N+](=O)[O-])cn1. The minimum atomic E-state index is -0.531. The highest BCUT2D eigenvalue weighted by molar-refractivity contribution is 5.69. The first-order valence-electron chi connectivity index (χ1n) is 5.16. The van der Waals surface area contributed by atoms with E-state index in [1.165, 1.54) is 10.9 Å². The summed E-state index contributed by atoms with van der Waals surface area (Å²) in [6.07, 6.45) is 2.57. The number of aromatic nitrogens is 2. The normalized spacial score (nSPS) is 11.2. The van der Waals surface area contributed by atoms with E-state index < -0.39 is 10.5 Å². The zero-order chi connectivity index (χ0) is 13.1. The molecule has 1 heterocycles. The van der Waals surface area contributed by atoms with Crippen LogP contribution in [0.2, 0.25) is 0 Å². The number of carbonyl (C=O) groups excluding carboxylic acids is 1. The number of hydrogen-bond acceptors (Lipinski definition) is 5. The maximum atomic E-state index is 11.4. The minimum Gasteiger partial charge on any atom is -0.460 e. The number of esters is 1. The van der Waals surface area contributed by atoms with Gasteiger partial charge in [0.15, 0.2) is 0 Å². The Kier molecular flexibility index (Phi) is 3.82. The molecule has 0 saturated heterocycles. The summed E-state index contributed by atoms with van der Waals surface area (Å²) in [5, 5.41) is 14.2. The largest absolute Gasteiger partial charge is 0.460 e. The maximum Gasteiger partial charge on any atom is 0.308 e. The maximum absolute atomic E-state index is 11.4. The first-order valence-corrected chi connectivity index (χ1v) is 5.16. The Morgan fingerprint density at radius 3 is 2.71 bits per heavy atom. The highest BCUT2D eigenvalue weighted by Gasteiger charge is 2.16. The second-order valence-corrected chi connectivity index (χ2v) is 4.56. The van der Waals surface area contributed by atoms with Crippen molar-refractivity contribution >= 4 is 11.7 Å². The van der Waals surface area contributed by atoms with Crippen LogP contribution in [0.4, 0.5) is 5.69 Å². The van der Waals surface area contributed by atoms with Crippen LogP contribution in [0.25, 0.3) is 0 Å². The van der Waals surface area contributed by atoms with Gasteiger partial charge in [-0.05, 0) is 20.8 Å². The second-order valence-electron chi connectivity index (χ2n) is 4.56. The first kappa shape index (κ1) is 13.1. The van der Waals surface area contributed by atoms with Gasteiger partial charge in [0.1, 0.15) is 18.0 Å². The number of aryl methyl sites for hydroxylation is 1. The molecule has 94 valence electrons. The van der Waals surface area contributed by atoms with Gasteiger partial charge < -0.3 is 4.74 Å². The van der Waals surface area contributed by atoms with Crippen molar-refractivity contribution in [2.45, 2.75) is 39.3 Å². The monoisotopic (exact) mass is 241 g/mol. The summed E-state index contributed by atoms with van der Waals surface area (Å²) >= 11 is 0. The van der Waals surface area contributed by atoms with Gasteiger partial charge in [-0.1, -0.05) is 0 Å². The number of carbonyl (C=O) groups is 1. The third kappa shape index (κ3) is 4.62. The van der Waals surface area contributed by atoms with E-state index in [1.54, 1.807) is 20.8 Å². The highest BCUT2D eigenvalue weighted by Crippen LogP contribution is 2.10. The van der Waals surface area contributed by atoms with E-state index in [1.807, 2.05) is 0 Å². The standard InChI is InChI=1S/C10H15N3O4/c1-10(2,3)17-9(14)4-5-12-7-8(6-11-12)13(15)16/h6-7H,4-5H2,1-3H3. The molecule has 0 spiro atoms. The molecule has 0 aliphatic carbocycles. The number of ether oxygens (including phenoxy) is 1. The fourth-order valence-corrected chi connectivity index (χ4v) is 1.17. The number of rotatable bonds is 4. The molecule has 0 amide bonds. The number of nitro groups is 1. The summed E-state index contributed by atoms with van der Waals surface area (Å²) in [5.41, 5.74) is -0.609. The van der Waals surface area contributed by atoms with E-state index >= 15 is 0 Å². The first-order chi connectivity index (χ1) is 7.78. The van der Waals surface area contributed by atoms with E-state index in [0.29, 0.717) is 0 Å². The van der Waals surface area contributed by atoms with Crippen molar-refractivity contribution in [2.24, 2.45) is 0 Å². The zero-order valence-corrected chi connectivity index (χ0v) is 10.0. The summed E-state index contributed by atoms with van der Waals surface area (Å²) < 4.78 is 6.45. The zero-order valence-electron chi connectivity index (χ0n) is 10.0. The van der Waals surface area contributed by atoms with Crippen molar-refractivity contribution in [3.05, 3.63) is 22.5 Å². The second kappa shape index (κ2) is 4.94. The van der Waals surface area contributed by atoms with Gasteiger partial charge >= 0.3 is 11.7 Å². The van der Waals surface area contributed by atoms with E-state index in [4.69, 9.17) is 4.74 Å². The fraction of sp³-hybridized carbons (Fsp3) is 0.600. The molecule has 0 radical (unpaired) electrons. The van der Waals surface area contributed by atoms with Crippen molar-refractivity contribution in [2.75, 3.05) is 0 Å². The third-order valence-electron chi connectivity index (χ3n) is 1.80. The van der Waals surface area contributed by atoms with E-state index in [0.717, 1.165) is 6.20 Å². The van der Waals surface area contributed by atoms with Crippen molar-refractivity contribution in [3.8, 4) is 0 Å². The van der Waals surface area contributed by atoms with Gasteiger partial charge in [-0.2, -0.15) is 5.10 Å². The van der Waals surface area contributed by atoms with Gasteiger partial charge in [0.25, 0.3) is 0 Å². The van der Waals surface area contributed by atoms with Gasteiger partial charge in [0.05, 0.1) is 17.9 Å². The molecule has 1 aromatic heterocycles. The molecule has 0 atom stereocenters. The lowest BCUT2D eigenvalue weighted by Crippen LogP contribution is -2.24. The summed E-state index contributed by atoms with van der Waals surface area (Å²) in [7, 11) is 0. The topological polar surface area (TPSA) is 87.3 Å². The van der Waals surface area contributed by atoms with Crippen LogP contribution in [-0.4, -0.2) is 26.3 Å². The Hall–Kier alpha value is -1.92. The van der Waals surface area contributed by atoms with Crippen LogP contribution < -0.4 is 0 Å². The van der Waals surface area contributed by atoms with Gasteiger partial charge in [-0.15, -0.1) is 0 Å². The Labute approximate surface area is 98.5 Å². The van der Waals surface area contributed by atoms with Crippen LogP contribution in [0, 0.1) is 10.1 Å². The summed E-state index contributed by atoms with van der Waals surface area (Å²) in [6.45, 7) is 5.61. The third-order valence-corrected chi connectivity index (χ3v) is 1.80. The van der Waals surface area contributed by atoms with Crippen LogP contribution in [0.3, 0.4) is 0 Å². The molecule has 0 aliphatic heterocycles. The number of nitrogens with zero attached hydrogens (tertiary/aromatic N) is 3.